The van der Waals surface area contributed by atoms with Gasteiger partial charge in [0.1, 0.15) is 6.33 Å². The lowest BCUT2D eigenvalue weighted by Crippen LogP contribution is -2.08. The molecule has 0 unspecified atom stereocenters. The van der Waals surface area contributed by atoms with Gasteiger partial charge in [-0.05, 0) is 18.6 Å². The standard InChI is InChI=1S/C12H17N5/c1-3-13-11-7-5-4-6-10(11)8-14-12-16-15-9-17(12)2/h4-7,9,13H,3,8H2,1-2H3,(H,14,16). The van der Waals surface area contributed by atoms with E-state index in [9.17, 15) is 0 Å². The molecule has 0 bridgehead atoms. The molecule has 0 radical (unpaired) electrons. The Hall–Kier alpha value is -2.04. The third kappa shape index (κ3) is 2.75. The Balaban J connectivity index is 2.06. The minimum Gasteiger partial charge on any atom is -0.385 e. The predicted octanol–water partition coefficient (Wildman–Crippen LogP) is 1.86. The van der Waals surface area contributed by atoms with Gasteiger partial charge in [0.05, 0.1) is 0 Å². The van der Waals surface area contributed by atoms with Crippen molar-refractivity contribution in [3.63, 3.8) is 0 Å². The van der Waals surface area contributed by atoms with Gasteiger partial charge >= 0.3 is 0 Å². The highest BCUT2D eigenvalue weighted by Gasteiger charge is 2.03. The van der Waals surface area contributed by atoms with Gasteiger partial charge in [-0.15, -0.1) is 10.2 Å². The maximum absolute atomic E-state index is 3.99. The molecule has 2 N–H and O–H groups in total. The summed E-state index contributed by atoms with van der Waals surface area (Å²) in [6.07, 6.45) is 1.68. The number of hydrogen-bond donors (Lipinski definition) is 2. The number of aryl methyl sites for hydroxylation is 1. The molecule has 1 heterocycles. The van der Waals surface area contributed by atoms with E-state index in [4.69, 9.17) is 0 Å². The Morgan fingerprint density at radius 3 is 2.76 bits per heavy atom. The fourth-order valence-electron chi connectivity index (χ4n) is 1.65. The van der Waals surface area contributed by atoms with Crippen molar-refractivity contribution < 1.29 is 0 Å². The summed E-state index contributed by atoms with van der Waals surface area (Å²) in [5.74, 6) is 0.774. The highest BCUT2D eigenvalue weighted by Crippen LogP contribution is 2.15. The van der Waals surface area contributed by atoms with Crippen LogP contribution in [0.15, 0.2) is 30.6 Å². The Labute approximate surface area is 101 Å². The molecule has 0 aliphatic carbocycles. The molecule has 1 aromatic carbocycles. The van der Waals surface area contributed by atoms with Gasteiger partial charge in [-0.3, -0.25) is 0 Å². The Bertz CT molecular complexity index is 477. The molecule has 0 atom stereocenters. The molecule has 90 valence electrons. The van der Waals surface area contributed by atoms with Crippen LogP contribution in [0.25, 0.3) is 0 Å². The molecule has 1 aromatic heterocycles. The number of nitrogens with one attached hydrogen (secondary N) is 2. The first kappa shape index (κ1) is 11.4. The highest BCUT2D eigenvalue weighted by molar-refractivity contribution is 5.52. The fraction of sp³-hybridized carbons (Fsp3) is 0.333. The zero-order valence-electron chi connectivity index (χ0n) is 10.1. The van der Waals surface area contributed by atoms with Crippen molar-refractivity contribution in [1.82, 2.24) is 14.8 Å². The summed E-state index contributed by atoms with van der Waals surface area (Å²) >= 11 is 0. The first-order chi connectivity index (χ1) is 8.31. The lowest BCUT2D eigenvalue weighted by atomic mass is 10.2. The van der Waals surface area contributed by atoms with Gasteiger partial charge in [-0.25, -0.2) is 0 Å². The summed E-state index contributed by atoms with van der Waals surface area (Å²) in [7, 11) is 1.92. The first-order valence-electron chi connectivity index (χ1n) is 5.71. The van der Waals surface area contributed by atoms with E-state index < -0.39 is 0 Å². The quantitative estimate of drug-likeness (QED) is 0.824. The van der Waals surface area contributed by atoms with Crippen LogP contribution >= 0.6 is 0 Å². The van der Waals surface area contributed by atoms with Gasteiger partial charge < -0.3 is 15.2 Å². The minimum atomic E-state index is 0.732. The van der Waals surface area contributed by atoms with Crippen molar-refractivity contribution >= 4 is 11.6 Å². The number of rotatable bonds is 5. The van der Waals surface area contributed by atoms with E-state index in [2.05, 4.69) is 39.9 Å². The van der Waals surface area contributed by atoms with Crippen molar-refractivity contribution in [2.45, 2.75) is 13.5 Å². The Morgan fingerprint density at radius 2 is 2.06 bits per heavy atom. The second-order valence-corrected chi connectivity index (χ2v) is 3.81. The number of anilines is 2. The SMILES string of the molecule is CCNc1ccccc1CNc1nncn1C. The average molecular weight is 231 g/mol. The first-order valence-corrected chi connectivity index (χ1v) is 5.71. The third-order valence-electron chi connectivity index (χ3n) is 2.53. The van der Waals surface area contributed by atoms with Gasteiger partial charge in [0.15, 0.2) is 0 Å². The Kier molecular flexibility index (Phi) is 3.59. The monoisotopic (exact) mass is 231 g/mol. The minimum absolute atomic E-state index is 0.732. The third-order valence-corrected chi connectivity index (χ3v) is 2.53. The normalized spacial score (nSPS) is 10.2. The summed E-state index contributed by atoms with van der Waals surface area (Å²) < 4.78 is 1.86. The van der Waals surface area contributed by atoms with Crippen molar-refractivity contribution in [1.29, 1.82) is 0 Å². The molecule has 5 heteroatoms. The van der Waals surface area contributed by atoms with Crippen LogP contribution in [0.1, 0.15) is 12.5 Å². The van der Waals surface area contributed by atoms with E-state index >= 15 is 0 Å². The number of benzene rings is 1. The molecule has 2 aromatic rings. The van der Waals surface area contributed by atoms with E-state index in [0.717, 1.165) is 24.7 Å². The van der Waals surface area contributed by atoms with Crippen molar-refractivity contribution in [2.24, 2.45) is 7.05 Å². The molecule has 0 saturated heterocycles. The maximum Gasteiger partial charge on any atom is 0.224 e. The fourth-order valence-corrected chi connectivity index (χ4v) is 1.65. The van der Waals surface area contributed by atoms with Crippen LogP contribution in [0.3, 0.4) is 0 Å². The molecule has 0 fully saturated rings. The maximum atomic E-state index is 3.99. The van der Waals surface area contributed by atoms with Crippen LogP contribution in [0.4, 0.5) is 11.6 Å². The van der Waals surface area contributed by atoms with E-state index in [-0.39, 0.29) is 0 Å². The second-order valence-electron chi connectivity index (χ2n) is 3.81. The lowest BCUT2D eigenvalue weighted by molar-refractivity contribution is 0.898. The smallest absolute Gasteiger partial charge is 0.224 e. The summed E-state index contributed by atoms with van der Waals surface area (Å²) in [5, 5.41) is 14.4. The highest BCUT2D eigenvalue weighted by atomic mass is 15.3. The van der Waals surface area contributed by atoms with Gasteiger partial charge in [0, 0.05) is 25.8 Å². The van der Waals surface area contributed by atoms with Crippen LogP contribution in [-0.4, -0.2) is 21.3 Å². The summed E-state index contributed by atoms with van der Waals surface area (Å²) in [4.78, 5) is 0. The van der Waals surface area contributed by atoms with E-state index in [0.29, 0.717) is 0 Å². The number of hydrogen-bond acceptors (Lipinski definition) is 4. The molecule has 17 heavy (non-hydrogen) atoms. The van der Waals surface area contributed by atoms with Crippen LogP contribution < -0.4 is 10.6 Å². The molecule has 0 spiro atoms. The molecule has 0 aliphatic heterocycles. The molecular weight excluding hydrogens is 214 g/mol. The molecule has 0 aliphatic rings. The van der Waals surface area contributed by atoms with E-state index in [1.165, 1.54) is 5.56 Å². The van der Waals surface area contributed by atoms with Crippen molar-refractivity contribution in [3.8, 4) is 0 Å². The lowest BCUT2D eigenvalue weighted by Gasteiger charge is -2.11. The average Bonchev–Trinajstić information content (AvgIpc) is 2.74. The predicted molar refractivity (Wildman–Crippen MR) is 68.9 cm³/mol. The largest absolute Gasteiger partial charge is 0.385 e. The van der Waals surface area contributed by atoms with Crippen LogP contribution in [0, 0.1) is 0 Å². The van der Waals surface area contributed by atoms with Crippen molar-refractivity contribution in [2.75, 3.05) is 17.2 Å². The van der Waals surface area contributed by atoms with E-state index in [1.54, 1.807) is 6.33 Å². The van der Waals surface area contributed by atoms with Gasteiger partial charge in [0.25, 0.3) is 0 Å². The van der Waals surface area contributed by atoms with Crippen LogP contribution in [-0.2, 0) is 13.6 Å². The second kappa shape index (κ2) is 5.34. The zero-order valence-corrected chi connectivity index (χ0v) is 10.1. The number of nitrogens with zero attached hydrogens (tertiary/aromatic N) is 3. The summed E-state index contributed by atoms with van der Waals surface area (Å²) in [6.45, 7) is 3.74. The van der Waals surface area contributed by atoms with E-state index in [1.807, 2.05) is 23.7 Å². The summed E-state index contributed by atoms with van der Waals surface area (Å²) in [5.41, 5.74) is 2.38. The number of para-hydroxylation sites is 1. The van der Waals surface area contributed by atoms with Gasteiger partial charge in [-0.1, -0.05) is 18.2 Å². The summed E-state index contributed by atoms with van der Waals surface area (Å²) in [6, 6.07) is 8.25. The topological polar surface area (TPSA) is 54.8 Å². The van der Waals surface area contributed by atoms with Crippen LogP contribution in [0.2, 0.25) is 0 Å². The van der Waals surface area contributed by atoms with Gasteiger partial charge in [0.2, 0.25) is 5.95 Å². The van der Waals surface area contributed by atoms with Crippen LogP contribution in [0.5, 0.6) is 0 Å². The molecule has 2 rings (SSSR count). The Morgan fingerprint density at radius 1 is 1.24 bits per heavy atom. The molecule has 0 amide bonds. The molecular formula is C12H17N5. The van der Waals surface area contributed by atoms with Gasteiger partial charge in [-0.2, -0.15) is 0 Å². The zero-order chi connectivity index (χ0) is 12.1. The molecule has 5 nitrogen and oxygen atoms in total. The number of aromatic nitrogens is 3. The van der Waals surface area contributed by atoms with Crippen molar-refractivity contribution in [3.05, 3.63) is 36.2 Å². The molecule has 0 saturated carbocycles.